The Bertz CT molecular complexity index is 452. The SMILES string of the molecule is C#CCCCCNC(=O)c1ccc(F)c(OC)c1. The van der Waals surface area contributed by atoms with Gasteiger partial charge in [-0.15, -0.1) is 12.3 Å². The van der Waals surface area contributed by atoms with Crippen LogP contribution in [0.4, 0.5) is 4.39 Å². The predicted octanol–water partition coefficient (Wildman–Crippen LogP) is 2.37. The van der Waals surface area contributed by atoms with Crippen LogP contribution in [0.25, 0.3) is 0 Å². The molecular weight excluding hydrogens is 233 g/mol. The van der Waals surface area contributed by atoms with Crippen LogP contribution in [0.15, 0.2) is 18.2 Å². The third-order valence-corrected chi connectivity index (χ3v) is 2.45. The summed E-state index contributed by atoms with van der Waals surface area (Å²) in [4.78, 5) is 11.7. The summed E-state index contributed by atoms with van der Waals surface area (Å²) in [7, 11) is 1.36. The summed E-state index contributed by atoms with van der Waals surface area (Å²) in [6.45, 7) is 0.556. The van der Waals surface area contributed by atoms with Crippen molar-refractivity contribution in [3.8, 4) is 18.1 Å². The Morgan fingerprint density at radius 3 is 2.94 bits per heavy atom. The first-order chi connectivity index (χ1) is 8.69. The number of ether oxygens (including phenoxy) is 1. The van der Waals surface area contributed by atoms with E-state index in [0.29, 0.717) is 18.5 Å². The van der Waals surface area contributed by atoms with Gasteiger partial charge in [-0.1, -0.05) is 0 Å². The van der Waals surface area contributed by atoms with E-state index in [4.69, 9.17) is 11.2 Å². The Balaban J connectivity index is 2.49. The van der Waals surface area contributed by atoms with E-state index in [1.807, 2.05) is 0 Å². The normalized spacial score (nSPS) is 9.61. The summed E-state index contributed by atoms with van der Waals surface area (Å²) < 4.78 is 18.0. The van der Waals surface area contributed by atoms with Gasteiger partial charge in [-0.2, -0.15) is 0 Å². The molecule has 0 unspecified atom stereocenters. The van der Waals surface area contributed by atoms with Gasteiger partial charge in [0.05, 0.1) is 7.11 Å². The molecule has 0 saturated carbocycles. The molecule has 1 aromatic rings. The highest BCUT2D eigenvalue weighted by molar-refractivity contribution is 5.94. The van der Waals surface area contributed by atoms with Gasteiger partial charge in [0, 0.05) is 18.5 Å². The maximum absolute atomic E-state index is 13.1. The van der Waals surface area contributed by atoms with Gasteiger partial charge in [0.25, 0.3) is 5.91 Å². The number of rotatable bonds is 6. The van der Waals surface area contributed by atoms with Crippen LogP contribution >= 0.6 is 0 Å². The summed E-state index contributed by atoms with van der Waals surface area (Å²) in [6, 6.07) is 4.02. The maximum atomic E-state index is 13.1. The van der Waals surface area contributed by atoms with E-state index in [-0.39, 0.29) is 11.7 Å². The van der Waals surface area contributed by atoms with E-state index in [1.54, 1.807) is 0 Å². The lowest BCUT2D eigenvalue weighted by Crippen LogP contribution is -2.24. The average molecular weight is 249 g/mol. The van der Waals surface area contributed by atoms with Crippen molar-refractivity contribution >= 4 is 5.91 Å². The van der Waals surface area contributed by atoms with Crippen LogP contribution in [-0.2, 0) is 0 Å². The second kappa shape index (κ2) is 7.33. The molecule has 0 aliphatic carbocycles. The quantitative estimate of drug-likeness (QED) is 0.621. The molecule has 0 saturated heterocycles. The minimum atomic E-state index is -0.483. The van der Waals surface area contributed by atoms with E-state index < -0.39 is 5.82 Å². The molecule has 0 aromatic heterocycles. The number of carbonyl (C=O) groups is 1. The Morgan fingerprint density at radius 2 is 2.28 bits per heavy atom. The number of nitrogens with one attached hydrogen (secondary N) is 1. The maximum Gasteiger partial charge on any atom is 0.251 e. The van der Waals surface area contributed by atoms with Gasteiger partial charge >= 0.3 is 0 Å². The summed E-state index contributed by atoms with van der Waals surface area (Å²) in [5.41, 5.74) is 0.380. The van der Waals surface area contributed by atoms with Crippen LogP contribution in [0.2, 0.25) is 0 Å². The molecule has 1 N–H and O–H groups in total. The minimum Gasteiger partial charge on any atom is -0.494 e. The van der Waals surface area contributed by atoms with Crippen LogP contribution in [0.1, 0.15) is 29.6 Å². The monoisotopic (exact) mass is 249 g/mol. The van der Waals surface area contributed by atoms with E-state index in [9.17, 15) is 9.18 Å². The van der Waals surface area contributed by atoms with Crippen molar-refractivity contribution in [3.05, 3.63) is 29.6 Å². The number of hydrogen-bond acceptors (Lipinski definition) is 2. The van der Waals surface area contributed by atoms with Crippen molar-refractivity contribution in [2.45, 2.75) is 19.3 Å². The van der Waals surface area contributed by atoms with Crippen molar-refractivity contribution in [2.24, 2.45) is 0 Å². The van der Waals surface area contributed by atoms with Crippen LogP contribution in [0.3, 0.4) is 0 Å². The first kappa shape index (κ1) is 14.0. The molecule has 0 spiro atoms. The van der Waals surface area contributed by atoms with E-state index >= 15 is 0 Å². The number of methoxy groups -OCH3 is 1. The van der Waals surface area contributed by atoms with Crippen molar-refractivity contribution in [1.29, 1.82) is 0 Å². The van der Waals surface area contributed by atoms with Crippen molar-refractivity contribution in [2.75, 3.05) is 13.7 Å². The van der Waals surface area contributed by atoms with Gasteiger partial charge in [0.1, 0.15) is 0 Å². The molecule has 0 aliphatic heterocycles. The number of amides is 1. The largest absolute Gasteiger partial charge is 0.494 e. The molecule has 0 fully saturated rings. The number of benzene rings is 1. The zero-order valence-electron chi connectivity index (χ0n) is 10.3. The summed E-state index contributed by atoms with van der Waals surface area (Å²) in [5, 5.41) is 2.74. The highest BCUT2D eigenvalue weighted by Crippen LogP contribution is 2.17. The van der Waals surface area contributed by atoms with Crippen molar-refractivity contribution < 1.29 is 13.9 Å². The lowest BCUT2D eigenvalue weighted by atomic mass is 10.2. The third kappa shape index (κ3) is 4.10. The lowest BCUT2D eigenvalue weighted by Gasteiger charge is -2.07. The number of carbonyl (C=O) groups excluding carboxylic acids is 1. The van der Waals surface area contributed by atoms with E-state index in [0.717, 1.165) is 12.8 Å². The van der Waals surface area contributed by atoms with Gasteiger partial charge in [-0.3, -0.25) is 4.79 Å². The lowest BCUT2D eigenvalue weighted by molar-refractivity contribution is 0.0952. The van der Waals surface area contributed by atoms with E-state index in [2.05, 4.69) is 11.2 Å². The Hall–Kier alpha value is -2.02. The van der Waals surface area contributed by atoms with Gasteiger partial charge in [0.15, 0.2) is 11.6 Å². The second-order valence-corrected chi connectivity index (χ2v) is 3.77. The number of unbranched alkanes of at least 4 members (excludes halogenated alkanes) is 2. The smallest absolute Gasteiger partial charge is 0.251 e. The van der Waals surface area contributed by atoms with Crippen LogP contribution < -0.4 is 10.1 Å². The zero-order valence-corrected chi connectivity index (χ0v) is 10.3. The van der Waals surface area contributed by atoms with Gasteiger partial charge in [-0.25, -0.2) is 4.39 Å². The molecule has 0 bridgehead atoms. The van der Waals surface area contributed by atoms with Crippen LogP contribution in [0.5, 0.6) is 5.75 Å². The minimum absolute atomic E-state index is 0.0648. The molecule has 18 heavy (non-hydrogen) atoms. The third-order valence-electron chi connectivity index (χ3n) is 2.45. The van der Waals surface area contributed by atoms with Gasteiger partial charge in [0.2, 0.25) is 0 Å². The molecule has 0 aliphatic rings. The van der Waals surface area contributed by atoms with Crippen LogP contribution in [0, 0.1) is 18.2 Å². The van der Waals surface area contributed by atoms with Gasteiger partial charge in [-0.05, 0) is 31.0 Å². The topological polar surface area (TPSA) is 38.3 Å². The fraction of sp³-hybridized carbons (Fsp3) is 0.357. The molecular formula is C14H16FNO2. The van der Waals surface area contributed by atoms with E-state index in [1.165, 1.54) is 25.3 Å². The number of terminal acetylenes is 1. The molecule has 1 rings (SSSR count). The summed E-state index contributed by atoms with van der Waals surface area (Å²) >= 11 is 0. The fourth-order valence-corrected chi connectivity index (χ4v) is 1.46. The van der Waals surface area contributed by atoms with Crippen LogP contribution in [-0.4, -0.2) is 19.6 Å². The standard InChI is InChI=1S/C14H16FNO2/c1-3-4-5-6-9-16-14(17)11-7-8-12(15)13(10-11)18-2/h1,7-8,10H,4-6,9H2,2H3,(H,16,17). The molecule has 0 atom stereocenters. The van der Waals surface area contributed by atoms with Gasteiger partial charge < -0.3 is 10.1 Å². The molecule has 4 heteroatoms. The first-order valence-electron chi connectivity index (χ1n) is 5.74. The molecule has 0 radical (unpaired) electrons. The van der Waals surface area contributed by atoms with Crippen molar-refractivity contribution in [3.63, 3.8) is 0 Å². The Morgan fingerprint density at radius 1 is 1.50 bits per heavy atom. The highest BCUT2D eigenvalue weighted by Gasteiger charge is 2.09. The predicted molar refractivity (Wildman–Crippen MR) is 68.0 cm³/mol. The first-order valence-corrected chi connectivity index (χ1v) is 5.74. The molecule has 0 heterocycles. The molecule has 3 nitrogen and oxygen atoms in total. The highest BCUT2D eigenvalue weighted by atomic mass is 19.1. The molecule has 1 aromatic carbocycles. The summed E-state index contributed by atoms with van der Waals surface area (Å²) in [5.74, 6) is 1.88. The second-order valence-electron chi connectivity index (χ2n) is 3.77. The fourth-order valence-electron chi connectivity index (χ4n) is 1.46. The number of hydrogen-bond donors (Lipinski definition) is 1. The Labute approximate surface area is 106 Å². The summed E-state index contributed by atoms with van der Waals surface area (Å²) in [6.07, 6.45) is 7.54. The average Bonchev–Trinajstić information content (AvgIpc) is 2.38. The molecule has 96 valence electrons. The molecule has 1 amide bonds. The van der Waals surface area contributed by atoms with Crippen molar-refractivity contribution in [1.82, 2.24) is 5.32 Å². The zero-order chi connectivity index (χ0) is 13.4. The number of halogens is 1. The Kier molecular flexibility index (Phi) is 5.72.